The van der Waals surface area contributed by atoms with Gasteiger partial charge >= 0.3 is 0 Å². The number of benzene rings is 1. The normalized spacial score (nSPS) is 14.8. The van der Waals surface area contributed by atoms with Gasteiger partial charge in [0.1, 0.15) is 0 Å². The summed E-state index contributed by atoms with van der Waals surface area (Å²) in [5.41, 5.74) is 1.27. The van der Waals surface area contributed by atoms with Gasteiger partial charge in [0.05, 0.1) is 28.9 Å². The Labute approximate surface area is 123 Å². The Morgan fingerprint density at radius 2 is 2.20 bits per heavy atom. The van der Waals surface area contributed by atoms with Crippen molar-refractivity contribution in [3.63, 3.8) is 0 Å². The van der Waals surface area contributed by atoms with Crippen molar-refractivity contribution in [1.82, 2.24) is 10.2 Å². The molecule has 0 aliphatic carbocycles. The number of nitrogens with zero attached hydrogens (tertiary/aromatic N) is 3. The Balaban J connectivity index is 2.02. The minimum absolute atomic E-state index is 0.0921. The molecule has 20 heavy (non-hydrogen) atoms. The van der Waals surface area contributed by atoms with E-state index < -0.39 is 0 Å². The van der Waals surface area contributed by atoms with Crippen LogP contribution in [0.3, 0.4) is 0 Å². The van der Waals surface area contributed by atoms with Crippen LogP contribution < -0.4 is 10.2 Å². The molecule has 1 fully saturated rings. The van der Waals surface area contributed by atoms with Gasteiger partial charge in [-0.2, -0.15) is 5.26 Å². The van der Waals surface area contributed by atoms with Crippen LogP contribution in [0.25, 0.3) is 0 Å². The van der Waals surface area contributed by atoms with E-state index in [0.717, 1.165) is 31.9 Å². The van der Waals surface area contributed by atoms with Crippen LogP contribution in [0.15, 0.2) is 18.2 Å². The van der Waals surface area contributed by atoms with Gasteiger partial charge in [0.15, 0.2) is 0 Å². The summed E-state index contributed by atoms with van der Waals surface area (Å²) in [5, 5.41) is 12.5. The number of rotatable bonds is 3. The second-order valence-corrected chi connectivity index (χ2v) is 5.17. The van der Waals surface area contributed by atoms with E-state index in [1.807, 2.05) is 22.9 Å². The molecule has 1 aromatic rings. The number of amides is 1. The molecule has 0 spiro atoms. The summed E-state index contributed by atoms with van der Waals surface area (Å²) in [5.74, 6) is 0.0921. The zero-order valence-corrected chi connectivity index (χ0v) is 12.2. The van der Waals surface area contributed by atoms with Crippen LogP contribution >= 0.6 is 11.6 Å². The minimum atomic E-state index is 0.0921. The van der Waals surface area contributed by atoms with Crippen LogP contribution in [0.1, 0.15) is 5.56 Å². The molecule has 0 atom stereocenters. The summed E-state index contributed by atoms with van der Waals surface area (Å²) in [4.78, 5) is 15.8. The van der Waals surface area contributed by atoms with Crippen molar-refractivity contribution in [2.24, 2.45) is 0 Å². The zero-order valence-electron chi connectivity index (χ0n) is 11.4. The maximum Gasteiger partial charge on any atom is 0.242 e. The number of nitrogens with one attached hydrogen (secondary N) is 1. The quantitative estimate of drug-likeness (QED) is 0.906. The van der Waals surface area contributed by atoms with E-state index in [9.17, 15) is 4.79 Å². The highest BCUT2D eigenvalue weighted by atomic mass is 35.5. The predicted molar refractivity (Wildman–Crippen MR) is 78.9 cm³/mol. The molecular weight excluding hydrogens is 276 g/mol. The van der Waals surface area contributed by atoms with Crippen molar-refractivity contribution < 1.29 is 4.79 Å². The summed E-state index contributed by atoms with van der Waals surface area (Å²) in [7, 11) is 1.83. The van der Waals surface area contributed by atoms with Gasteiger partial charge in [-0.1, -0.05) is 11.6 Å². The molecule has 2 rings (SSSR count). The van der Waals surface area contributed by atoms with Gasteiger partial charge in [-0.3, -0.25) is 4.79 Å². The standard InChI is InChI=1S/C14H17ClN4O/c1-18(10-14(20)19-6-4-17-5-7-19)13-3-2-11(9-16)8-12(13)15/h2-3,8,17H,4-7,10H2,1H3. The molecule has 1 N–H and O–H groups in total. The number of piperazine rings is 1. The first-order valence-electron chi connectivity index (χ1n) is 6.51. The fourth-order valence-electron chi connectivity index (χ4n) is 2.19. The first-order chi connectivity index (χ1) is 9.61. The van der Waals surface area contributed by atoms with Crippen LogP contribution in [-0.2, 0) is 4.79 Å². The average molecular weight is 293 g/mol. The Kier molecular flexibility index (Phi) is 4.83. The number of anilines is 1. The second-order valence-electron chi connectivity index (χ2n) is 4.76. The number of halogens is 1. The third kappa shape index (κ3) is 3.41. The molecule has 5 nitrogen and oxygen atoms in total. The largest absolute Gasteiger partial charge is 0.364 e. The fourth-order valence-corrected chi connectivity index (χ4v) is 2.51. The predicted octanol–water partition coefficient (Wildman–Crippen LogP) is 1.08. The third-order valence-electron chi connectivity index (χ3n) is 3.33. The fraction of sp³-hybridized carbons (Fsp3) is 0.429. The Morgan fingerprint density at radius 1 is 1.50 bits per heavy atom. The highest BCUT2D eigenvalue weighted by Crippen LogP contribution is 2.25. The monoisotopic (exact) mass is 292 g/mol. The minimum Gasteiger partial charge on any atom is -0.364 e. The van der Waals surface area contributed by atoms with Crippen molar-refractivity contribution in [2.45, 2.75) is 0 Å². The lowest BCUT2D eigenvalue weighted by molar-refractivity contribution is -0.130. The number of hydrogen-bond acceptors (Lipinski definition) is 4. The van der Waals surface area contributed by atoms with Crippen LogP contribution in [0.2, 0.25) is 5.02 Å². The molecule has 0 radical (unpaired) electrons. The lowest BCUT2D eigenvalue weighted by Gasteiger charge is -2.30. The summed E-state index contributed by atoms with van der Waals surface area (Å²) in [6.45, 7) is 3.45. The van der Waals surface area contributed by atoms with Crippen molar-refractivity contribution in [2.75, 3.05) is 44.7 Å². The van der Waals surface area contributed by atoms with Gasteiger partial charge < -0.3 is 15.1 Å². The molecule has 0 unspecified atom stereocenters. The summed E-state index contributed by atoms with van der Waals surface area (Å²) >= 11 is 6.14. The summed E-state index contributed by atoms with van der Waals surface area (Å²) in [6.07, 6.45) is 0. The maximum absolute atomic E-state index is 12.2. The second kappa shape index (κ2) is 6.60. The average Bonchev–Trinajstić information content (AvgIpc) is 2.47. The lowest BCUT2D eigenvalue weighted by atomic mass is 10.2. The van der Waals surface area contributed by atoms with Crippen molar-refractivity contribution >= 4 is 23.2 Å². The van der Waals surface area contributed by atoms with Crippen LogP contribution in [0.5, 0.6) is 0 Å². The van der Waals surface area contributed by atoms with Crippen LogP contribution in [0.4, 0.5) is 5.69 Å². The molecule has 106 valence electrons. The van der Waals surface area contributed by atoms with E-state index in [0.29, 0.717) is 10.6 Å². The van der Waals surface area contributed by atoms with E-state index in [-0.39, 0.29) is 12.5 Å². The molecule has 0 bridgehead atoms. The number of hydrogen-bond donors (Lipinski definition) is 1. The summed E-state index contributed by atoms with van der Waals surface area (Å²) in [6, 6.07) is 7.13. The van der Waals surface area contributed by atoms with Crippen molar-refractivity contribution in [1.29, 1.82) is 5.26 Å². The molecule has 1 aliphatic heterocycles. The van der Waals surface area contributed by atoms with Gasteiger partial charge in [-0.25, -0.2) is 0 Å². The maximum atomic E-state index is 12.2. The van der Waals surface area contributed by atoms with Gasteiger partial charge in [-0.15, -0.1) is 0 Å². The number of nitriles is 1. The number of likely N-dealkylation sites (N-methyl/N-ethyl adjacent to an activating group) is 1. The van der Waals surface area contributed by atoms with Crippen LogP contribution in [-0.4, -0.2) is 50.6 Å². The first kappa shape index (κ1) is 14.6. The van der Waals surface area contributed by atoms with E-state index in [1.165, 1.54) is 0 Å². The molecule has 6 heteroatoms. The number of carbonyl (C=O) groups excluding carboxylic acids is 1. The molecule has 0 saturated carbocycles. The molecular formula is C14H17ClN4O. The highest BCUT2D eigenvalue weighted by Gasteiger charge is 2.18. The van der Waals surface area contributed by atoms with Gasteiger partial charge in [0.25, 0.3) is 0 Å². The van der Waals surface area contributed by atoms with Crippen molar-refractivity contribution in [3.8, 4) is 6.07 Å². The lowest BCUT2D eigenvalue weighted by Crippen LogP contribution is -2.49. The Morgan fingerprint density at radius 3 is 2.80 bits per heavy atom. The first-order valence-corrected chi connectivity index (χ1v) is 6.89. The third-order valence-corrected chi connectivity index (χ3v) is 3.63. The Hall–Kier alpha value is -1.77. The molecule has 1 heterocycles. The highest BCUT2D eigenvalue weighted by molar-refractivity contribution is 6.33. The van der Waals surface area contributed by atoms with E-state index in [4.69, 9.17) is 16.9 Å². The molecule has 1 aromatic carbocycles. The van der Waals surface area contributed by atoms with Gasteiger partial charge in [-0.05, 0) is 18.2 Å². The van der Waals surface area contributed by atoms with E-state index in [1.54, 1.807) is 18.2 Å². The molecule has 1 saturated heterocycles. The van der Waals surface area contributed by atoms with Crippen molar-refractivity contribution in [3.05, 3.63) is 28.8 Å². The molecule has 1 aliphatic rings. The summed E-state index contributed by atoms with van der Waals surface area (Å²) < 4.78 is 0. The SMILES string of the molecule is CN(CC(=O)N1CCNCC1)c1ccc(C#N)cc1Cl. The van der Waals surface area contributed by atoms with E-state index in [2.05, 4.69) is 5.32 Å². The Bertz CT molecular complexity index is 534. The zero-order chi connectivity index (χ0) is 14.5. The van der Waals surface area contributed by atoms with E-state index >= 15 is 0 Å². The van der Waals surface area contributed by atoms with Crippen LogP contribution in [0, 0.1) is 11.3 Å². The smallest absolute Gasteiger partial charge is 0.242 e. The number of carbonyl (C=O) groups is 1. The molecule has 1 amide bonds. The topological polar surface area (TPSA) is 59.4 Å². The van der Waals surface area contributed by atoms with Gasteiger partial charge in [0, 0.05) is 33.2 Å². The van der Waals surface area contributed by atoms with Gasteiger partial charge in [0.2, 0.25) is 5.91 Å². The molecule has 0 aromatic heterocycles.